The standard InChI is InChI=1S/C12H15N3OS/c16-11(13-7-9-2-1-3-9)6-10-8-15-4-5-17-12(15)14-10/h4-5,8-9H,1-3,6-7H2,(H,13,16). The van der Waals surface area contributed by atoms with Crippen LogP contribution in [0.5, 0.6) is 0 Å². The van der Waals surface area contributed by atoms with Gasteiger partial charge in [0.2, 0.25) is 5.91 Å². The fourth-order valence-electron chi connectivity index (χ4n) is 2.04. The van der Waals surface area contributed by atoms with Crippen LogP contribution >= 0.6 is 11.3 Å². The molecule has 0 aromatic carbocycles. The molecule has 0 atom stereocenters. The van der Waals surface area contributed by atoms with Gasteiger partial charge < -0.3 is 5.32 Å². The molecule has 4 nitrogen and oxygen atoms in total. The second-order valence-electron chi connectivity index (χ2n) is 4.60. The lowest BCUT2D eigenvalue weighted by molar-refractivity contribution is -0.120. The lowest BCUT2D eigenvalue weighted by Crippen LogP contribution is -2.33. The predicted octanol–water partition coefficient (Wildman–Crippen LogP) is 1.85. The number of hydrogen-bond acceptors (Lipinski definition) is 3. The molecule has 0 radical (unpaired) electrons. The Morgan fingerprint density at radius 1 is 1.59 bits per heavy atom. The van der Waals surface area contributed by atoms with Gasteiger partial charge in [0, 0.05) is 24.3 Å². The third kappa shape index (κ3) is 2.34. The van der Waals surface area contributed by atoms with Crippen molar-refractivity contribution in [3.63, 3.8) is 0 Å². The molecule has 1 aliphatic carbocycles. The van der Waals surface area contributed by atoms with Gasteiger partial charge in [-0.3, -0.25) is 9.20 Å². The minimum absolute atomic E-state index is 0.0858. The Hall–Kier alpha value is -1.36. The molecule has 3 rings (SSSR count). The molecule has 2 aromatic heterocycles. The van der Waals surface area contributed by atoms with E-state index in [1.165, 1.54) is 19.3 Å². The highest BCUT2D eigenvalue weighted by atomic mass is 32.1. The maximum absolute atomic E-state index is 11.7. The van der Waals surface area contributed by atoms with E-state index in [0.29, 0.717) is 12.3 Å². The zero-order valence-electron chi connectivity index (χ0n) is 9.56. The van der Waals surface area contributed by atoms with E-state index in [4.69, 9.17) is 0 Å². The first-order valence-electron chi connectivity index (χ1n) is 5.99. The number of rotatable bonds is 4. The summed E-state index contributed by atoms with van der Waals surface area (Å²) in [6.07, 6.45) is 8.12. The highest BCUT2D eigenvalue weighted by Gasteiger charge is 2.18. The fraction of sp³-hybridized carbons (Fsp3) is 0.500. The largest absolute Gasteiger partial charge is 0.355 e. The maximum atomic E-state index is 11.7. The van der Waals surface area contributed by atoms with E-state index < -0.39 is 0 Å². The van der Waals surface area contributed by atoms with Crippen molar-refractivity contribution in [2.45, 2.75) is 25.7 Å². The summed E-state index contributed by atoms with van der Waals surface area (Å²) in [5.41, 5.74) is 0.850. The summed E-state index contributed by atoms with van der Waals surface area (Å²) in [5, 5.41) is 4.97. The van der Waals surface area contributed by atoms with Crippen LogP contribution in [0.2, 0.25) is 0 Å². The molecule has 1 saturated carbocycles. The van der Waals surface area contributed by atoms with Crippen LogP contribution < -0.4 is 5.32 Å². The number of hydrogen-bond donors (Lipinski definition) is 1. The van der Waals surface area contributed by atoms with Crippen molar-refractivity contribution in [1.29, 1.82) is 0 Å². The lowest BCUT2D eigenvalue weighted by Gasteiger charge is -2.25. The number of aromatic nitrogens is 2. The number of thiazole rings is 1. The summed E-state index contributed by atoms with van der Waals surface area (Å²) in [6.45, 7) is 0.834. The topological polar surface area (TPSA) is 46.4 Å². The van der Waals surface area contributed by atoms with Crippen LogP contribution in [0.15, 0.2) is 17.8 Å². The van der Waals surface area contributed by atoms with Crippen molar-refractivity contribution in [2.24, 2.45) is 5.92 Å². The van der Waals surface area contributed by atoms with Gasteiger partial charge in [0.15, 0.2) is 4.96 Å². The van der Waals surface area contributed by atoms with E-state index >= 15 is 0 Å². The van der Waals surface area contributed by atoms with Gasteiger partial charge in [-0.2, -0.15) is 0 Å². The van der Waals surface area contributed by atoms with Crippen molar-refractivity contribution in [1.82, 2.24) is 14.7 Å². The number of nitrogens with zero attached hydrogens (tertiary/aromatic N) is 2. The van der Waals surface area contributed by atoms with Crippen LogP contribution in [0.3, 0.4) is 0 Å². The number of imidazole rings is 1. The maximum Gasteiger partial charge on any atom is 0.226 e. The second-order valence-corrected chi connectivity index (χ2v) is 5.48. The third-order valence-corrected chi connectivity index (χ3v) is 4.07. The number of carbonyl (C=O) groups is 1. The van der Waals surface area contributed by atoms with Crippen molar-refractivity contribution in [3.05, 3.63) is 23.5 Å². The zero-order valence-corrected chi connectivity index (χ0v) is 10.4. The molecule has 17 heavy (non-hydrogen) atoms. The Balaban J connectivity index is 1.54. The quantitative estimate of drug-likeness (QED) is 0.899. The van der Waals surface area contributed by atoms with E-state index in [0.717, 1.165) is 17.2 Å². The average molecular weight is 249 g/mol. The van der Waals surface area contributed by atoms with E-state index in [1.54, 1.807) is 11.3 Å². The molecular weight excluding hydrogens is 234 g/mol. The normalized spacial score (nSPS) is 16.0. The molecular formula is C12H15N3OS. The van der Waals surface area contributed by atoms with Crippen molar-refractivity contribution >= 4 is 22.2 Å². The van der Waals surface area contributed by atoms with Crippen molar-refractivity contribution in [2.75, 3.05) is 6.54 Å². The van der Waals surface area contributed by atoms with Gasteiger partial charge in [-0.25, -0.2) is 4.98 Å². The van der Waals surface area contributed by atoms with Crippen LogP contribution in [0, 0.1) is 5.92 Å². The fourth-order valence-corrected chi connectivity index (χ4v) is 2.76. The Kier molecular flexibility index (Phi) is 2.84. The third-order valence-electron chi connectivity index (χ3n) is 3.30. The van der Waals surface area contributed by atoms with Gasteiger partial charge in [0.25, 0.3) is 0 Å². The lowest BCUT2D eigenvalue weighted by atomic mass is 9.85. The molecule has 0 spiro atoms. The van der Waals surface area contributed by atoms with E-state index in [1.807, 2.05) is 22.2 Å². The predicted molar refractivity (Wildman–Crippen MR) is 67.1 cm³/mol. The Morgan fingerprint density at radius 3 is 3.18 bits per heavy atom. The molecule has 2 aromatic rings. The van der Waals surface area contributed by atoms with Gasteiger partial charge in [-0.1, -0.05) is 6.42 Å². The summed E-state index contributed by atoms with van der Waals surface area (Å²) >= 11 is 1.59. The SMILES string of the molecule is O=C(Cc1cn2ccsc2n1)NCC1CCC1. The number of fused-ring (bicyclic) bond motifs is 1. The van der Waals surface area contributed by atoms with Crippen LogP contribution in [0.25, 0.3) is 4.96 Å². The Labute approximate surface area is 104 Å². The summed E-state index contributed by atoms with van der Waals surface area (Å²) in [5.74, 6) is 0.798. The summed E-state index contributed by atoms with van der Waals surface area (Å²) < 4.78 is 1.96. The van der Waals surface area contributed by atoms with Gasteiger partial charge >= 0.3 is 0 Å². The molecule has 0 unspecified atom stereocenters. The first kappa shape index (κ1) is 10.8. The number of carbonyl (C=O) groups excluding carboxylic acids is 1. The second kappa shape index (κ2) is 4.49. The molecule has 0 bridgehead atoms. The first-order valence-corrected chi connectivity index (χ1v) is 6.87. The van der Waals surface area contributed by atoms with Crippen molar-refractivity contribution < 1.29 is 4.79 Å². The minimum Gasteiger partial charge on any atom is -0.355 e. The molecule has 1 amide bonds. The van der Waals surface area contributed by atoms with Crippen molar-refractivity contribution in [3.8, 4) is 0 Å². The van der Waals surface area contributed by atoms with E-state index in [9.17, 15) is 4.79 Å². The van der Waals surface area contributed by atoms with Crippen LogP contribution in [0.1, 0.15) is 25.0 Å². The van der Waals surface area contributed by atoms with Gasteiger partial charge in [-0.05, 0) is 18.8 Å². The Bertz CT molecular complexity index is 498. The van der Waals surface area contributed by atoms with E-state index in [-0.39, 0.29) is 5.91 Å². The molecule has 5 heteroatoms. The molecule has 1 fully saturated rings. The number of amides is 1. The molecule has 0 saturated heterocycles. The zero-order chi connectivity index (χ0) is 11.7. The Morgan fingerprint density at radius 2 is 2.47 bits per heavy atom. The van der Waals surface area contributed by atoms with Gasteiger partial charge in [-0.15, -0.1) is 11.3 Å². The van der Waals surface area contributed by atoms with Crippen LogP contribution in [0.4, 0.5) is 0 Å². The van der Waals surface area contributed by atoms with Crippen LogP contribution in [-0.2, 0) is 11.2 Å². The highest BCUT2D eigenvalue weighted by molar-refractivity contribution is 7.15. The van der Waals surface area contributed by atoms with Gasteiger partial charge in [0.1, 0.15) is 0 Å². The number of nitrogens with one attached hydrogen (secondary N) is 1. The minimum atomic E-state index is 0.0858. The van der Waals surface area contributed by atoms with Crippen LogP contribution in [-0.4, -0.2) is 21.8 Å². The summed E-state index contributed by atoms with van der Waals surface area (Å²) in [4.78, 5) is 17.0. The summed E-state index contributed by atoms with van der Waals surface area (Å²) in [7, 11) is 0. The van der Waals surface area contributed by atoms with E-state index in [2.05, 4.69) is 10.3 Å². The smallest absolute Gasteiger partial charge is 0.226 e. The first-order chi connectivity index (χ1) is 8.31. The molecule has 1 aliphatic rings. The molecule has 2 heterocycles. The highest BCUT2D eigenvalue weighted by Crippen LogP contribution is 2.25. The molecule has 1 N–H and O–H groups in total. The van der Waals surface area contributed by atoms with Gasteiger partial charge in [0.05, 0.1) is 12.1 Å². The monoisotopic (exact) mass is 249 g/mol. The summed E-state index contributed by atoms with van der Waals surface area (Å²) in [6, 6.07) is 0. The molecule has 0 aliphatic heterocycles. The average Bonchev–Trinajstić information content (AvgIpc) is 2.75. The molecule has 90 valence electrons.